The number of carbonyl (C=O) groups is 2. The summed E-state index contributed by atoms with van der Waals surface area (Å²) in [4.78, 5) is 31.4. The number of carbonyl (C=O) groups excluding carboxylic acids is 2. The van der Waals surface area contributed by atoms with Gasteiger partial charge in [0.05, 0.1) is 4.88 Å². The first-order valence-corrected chi connectivity index (χ1v) is 10.1. The summed E-state index contributed by atoms with van der Waals surface area (Å²) in [6.07, 6.45) is 7.85. The van der Waals surface area contributed by atoms with Gasteiger partial charge < -0.3 is 9.80 Å². The summed E-state index contributed by atoms with van der Waals surface area (Å²) >= 11 is 1.72. The fourth-order valence-electron chi connectivity index (χ4n) is 4.68. The molecule has 2 fully saturated rings. The van der Waals surface area contributed by atoms with Crippen molar-refractivity contribution in [1.29, 1.82) is 0 Å². The Morgan fingerprint density at radius 1 is 1.12 bits per heavy atom. The Balaban J connectivity index is 1.54. The Kier molecular flexibility index (Phi) is 4.37. The van der Waals surface area contributed by atoms with E-state index in [9.17, 15) is 9.59 Å². The molecule has 1 aromatic rings. The van der Waals surface area contributed by atoms with Crippen LogP contribution in [-0.4, -0.2) is 47.3 Å². The lowest BCUT2D eigenvalue weighted by Crippen LogP contribution is -2.53. The average Bonchev–Trinajstić information content (AvgIpc) is 3.10. The molecule has 4 rings (SSSR count). The van der Waals surface area contributed by atoms with Crippen LogP contribution in [-0.2, 0) is 17.6 Å². The van der Waals surface area contributed by atoms with E-state index < -0.39 is 0 Å². The summed E-state index contributed by atoms with van der Waals surface area (Å²) in [7, 11) is 0. The van der Waals surface area contributed by atoms with Gasteiger partial charge in [0.15, 0.2) is 0 Å². The summed E-state index contributed by atoms with van der Waals surface area (Å²) in [5.41, 5.74) is 1.40. The number of hydrogen-bond donors (Lipinski definition) is 0. The second-order valence-electron chi connectivity index (χ2n) is 7.49. The van der Waals surface area contributed by atoms with E-state index >= 15 is 0 Å². The van der Waals surface area contributed by atoms with Gasteiger partial charge in [-0.05, 0) is 56.1 Å². The maximum absolute atomic E-state index is 13.2. The molecular weight excluding hydrogens is 320 g/mol. The molecule has 3 aliphatic rings. The van der Waals surface area contributed by atoms with E-state index in [1.165, 1.54) is 16.9 Å². The topological polar surface area (TPSA) is 40.6 Å². The van der Waals surface area contributed by atoms with Gasteiger partial charge in [-0.15, -0.1) is 11.3 Å². The first-order chi connectivity index (χ1) is 11.6. The number of thiophene rings is 1. The molecule has 2 atom stereocenters. The molecular formula is C19H26N2O2S. The summed E-state index contributed by atoms with van der Waals surface area (Å²) in [6.45, 7) is 4.15. The minimum atomic E-state index is 0.172. The molecule has 0 saturated carbocycles. The summed E-state index contributed by atoms with van der Waals surface area (Å²) in [6, 6.07) is 2.47. The lowest BCUT2D eigenvalue weighted by atomic mass is 9.88. The monoisotopic (exact) mass is 346 g/mol. The molecule has 0 radical (unpaired) electrons. The van der Waals surface area contributed by atoms with Crippen LogP contribution in [0.5, 0.6) is 0 Å². The number of nitrogens with zero attached hydrogens (tertiary/aromatic N) is 2. The highest BCUT2D eigenvalue weighted by Crippen LogP contribution is 2.35. The van der Waals surface area contributed by atoms with E-state index in [1.807, 2.05) is 4.90 Å². The molecule has 2 amide bonds. The minimum Gasteiger partial charge on any atom is -0.343 e. The number of likely N-dealkylation sites (tertiary alicyclic amines) is 2. The van der Waals surface area contributed by atoms with E-state index in [-0.39, 0.29) is 11.8 Å². The summed E-state index contributed by atoms with van der Waals surface area (Å²) in [5, 5.41) is 0. The highest BCUT2D eigenvalue weighted by molar-refractivity contribution is 7.14. The predicted octanol–water partition coefficient (Wildman–Crippen LogP) is 3.10. The molecule has 0 N–H and O–H groups in total. The van der Waals surface area contributed by atoms with Crippen LogP contribution in [0.3, 0.4) is 0 Å². The Morgan fingerprint density at radius 3 is 2.79 bits per heavy atom. The number of piperidine rings is 1. The van der Waals surface area contributed by atoms with Gasteiger partial charge in [-0.25, -0.2) is 0 Å². The van der Waals surface area contributed by atoms with Crippen molar-refractivity contribution in [2.75, 3.05) is 19.6 Å². The lowest BCUT2D eigenvalue weighted by molar-refractivity contribution is -0.131. The van der Waals surface area contributed by atoms with Crippen molar-refractivity contribution in [3.8, 4) is 0 Å². The zero-order valence-electron chi connectivity index (χ0n) is 14.4. The molecule has 2 aliphatic heterocycles. The van der Waals surface area contributed by atoms with Gasteiger partial charge in [-0.3, -0.25) is 9.59 Å². The van der Waals surface area contributed by atoms with Crippen LogP contribution in [0.2, 0.25) is 0 Å². The number of rotatable bonds is 1. The van der Waals surface area contributed by atoms with Gasteiger partial charge in [0.25, 0.3) is 5.91 Å². The highest BCUT2D eigenvalue weighted by Gasteiger charge is 2.38. The van der Waals surface area contributed by atoms with Gasteiger partial charge in [-0.2, -0.15) is 0 Å². The van der Waals surface area contributed by atoms with Gasteiger partial charge >= 0.3 is 0 Å². The van der Waals surface area contributed by atoms with Crippen LogP contribution in [0, 0.1) is 5.92 Å². The molecule has 4 nitrogen and oxygen atoms in total. The van der Waals surface area contributed by atoms with Gasteiger partial charge in [0.1, 0.15) is 0 Å². The van der Waals surface area contributed by atoms with Gasteiger partial charge in [0.2, 0.25) is 5.91 Å². The Bertz CT molecular complexity index is 632. The third-order valence-electron chi connectivity index (χ3n) is 5.98. The average molecular weight is 346 g/mol. The molecule has 5 heteroatoms. The summed E-state index contributed by atoms with van der Waals surface area (Å²) in [5.74, 6) is 0.855. The molecule has 0 bridgehead atoms. The molecule has 130 valence electrons. The zero-order valence-corrected chi connectivity index (χ0v) is 15.2. The van der Waals surface area contributed by atoms with Crippen LogP contribution in [0.4, 0.5) is 0 Å². The lowest BCUT2D eigenvalue weighted by Gasteiger charge is -2.42. The van der Waals surface area contributed by atoms with Crippen molar-refractivity contribution in [3.63, 3.8) is 0 Å². The smallest absolute Gasteiger partial charge is 0.264 e. The summed E-state index contributed by atoms with van der Waals surface area (Å²) < 4.78 is 0. The predicted molar refractivity (Wildman–Crippen MR) is 95.4 cm³/mol. The second-order valence-corrected chi connectivity index (χ2v) is 8.62. The molecule has 1 aliphatic carbocycles. The van der Waals surface area contributed by atoms with E-state index in [1.54, 1.807) is 18.3 Å². The third-order valence-corrected chi connectivity index (χ3v) is 7.21. The van der Waals surface area contributed by atoms with E-state index in [0.717, 1.165) is 63.0 Å². The van der Waals surface area contributed by atoms with Crippen molar-refractivity contribution in [2.45, 2.75) is 57.9 Å². The number of aryl methyl sites for hydroxylation is 2. The first-order valence-electron chi connectivity index (χ1n) is 9.31. The van der Waals surface area contributed by atoms with Crippen LogP contribution in [0.1, 0.15) is 59.1 Å². The zero-order chi connectivity index (χ0) is 16.7. The van der Waals surface area contributed by atoms with Crippen molar-refractivity contribution < 1.29 is 9.59 Å². The SMILES string of the molecule is CC(=O)N1CC[C@@H]2[C@H](CCCCN2C(=O)c2cc3c(s2)CCC3)C1. The molecule has 0 aromatic carbocycles. The van der Waals surface area contributed by atoms with E-state index in [0.29, 0.717) is 12.0 Å². The largest absolute Gasteiger partial charge is 0.343 e. The molecule has 3 heterocycles. The van der Waals surface area contributed by atoms with Gasteiger partial charge in [0, 0.05) is 37.5 Å². The fourth-order valence-corrected chi connectivity index (χ4v) is 5.89. The second kappa shape index (κ2) is 6.51. The molecule has 0 spiro atoms. The van der Waals surface area contributed by atoms with Crippen molar-refractivity contribution >= 4 is 23.2 Å². The molecule has 2 saturated heterocycles. The normalized spacial score (nSPS) is 26.7. The third kappa shape index (κ3) is 2.87. The Morgan fingerprint density at radius 2 is 2.00 bits per heavy atom. The first kappa shape index (κ1) is 16.1. The quantitative estimate of drug-likeness (QED) is 0.784. The Labute approximate surface area is 147 Å². The minimum absolute atomic E-state index is 0.172. The van der Waals surface area contributed by atoms with E-state index in [4.69, 9.17) is 0 Å². The van der Waals surface area contributed by atoms with Crippen LogP contribution in [0.25, 0.3) is 0 Å². The van der Waals surface area contributed by atoms with Crippen LogP contribution in [0.15, 0.2) is 6.07 Å². The molecule has 24 heavy (non-hydrogen) atoms. The maximum atomic E-state index is 13.2. The van der Waals surface area contributed by atoms with Crippen LogP contribution < -0.4 is 0 Å². The maximum Gasteiger partial charge on any atom is 0.264 e. The Hall–Kier alpha value is -1.36. The van der Waals surface area contributed by atoms with Crippen molar-refractivity contribution in [3.05, 3.63) is 21.4 Å². The van der Waals surface area contributed by atoms with Crippen LogP contribution >= 0.6 is 11.3 Å². The highest BCUT2D eigenvalue weighted by atomic mass is 32.1. The standard InChI is InChI=1S/C19H26N2O2S/c1-13(22)20-10-8-16-15(12-20)5-2-3-9-21(16)19(23)18-11-14-6-4-7-17(14)24-18/h11,15-16H,2-10,12H2,1H3/t15-,16-/m1/s1. The number of hydrogen-bond acceptors (Lipinski definition) is 3. The fraction of sp³-hybridized carbons (Fsp3) is 0.684. The molecule has 1 aromatic heterocycles. The van der Waals surface area contributed by atoms with Gasteiger partial charge in [-0.1, -0.05) is 6.42 Å². The number of fused-ring (bicyclic) bond motifs is 2. The molecule has 0 unspecified atom stereocenters. The number of amides is 2. The van der Waals surface area contributed by atoms with E-state index in [2.05, 4.69) is 11.0 Å². The van der Waals surface area contributed by atoms with Crippen molar-refractivity contribution in [2.24, 2.45) is 5.92 Å². The van der Waals surface area contributed by atoms with Crippen molar-refractivity contribution in [1.82, 2.24) is 9.80 Å².